The molecule has 1 aromatic heterocycles. The third kappa shape index (κ3) is 3.05. The van der Waals surface area contributed by atoms with Gasteiger partial charge in [-0.15, -0.1) is 0 Å². The molecule has 1 aliphatic carbocycles. The van der Waals surface area contributed by atoms with Crippen LogP contribution in [0.2, 0.25) is 0 Å². The first-order valence-electron chi connectivity index (χ1n) is 5.48. The van der Waals surface area contributed by atoms with E-state index >= 15 is 0 Å². The fraction of sp³-hybridized carbons (Fsp3) is 0.444. The highest BCUT2D eigenvalue weighted by Crippen LogP contribution is 2.47. The van der Waals surface area contributed by atoms with Gasteiger partial charge in [-0.05, 0) is 12.5 Å². The van der Waals surface area contributed by atoms with Crippen molar-refractivity contribution in [2.75, 3.05) is 5.73 Å². The summed E-state index contributed by atoms with van der Waals surface area (Å²) in [5.41, 5.74) is 4.69. The zero-order valence-corrected chi connectivity index (χ0v) is 10.9. The van der Waals surface area contributed by atoms with Gasteiger partial charge in [0.25, 0.3) is 5.85 Å². The fourth-order valence-corrected chi connectivity index (χ4v) is 2.33. The van der Waals surface area contributed by atoms with Crippen LogP contribution in [-0.2, 0) is 14.1 Å². The molecule has 1 aliphatic rings. The molecule has 1 saturated carbocycles. The summed E-state index contributed by atoms with van der Waals surface area (Å²) in [6.45, 7) is 0. The molecule has 0 amide bonds. The SMILES string of the molecule is Nc1ccn(C2CC2OC(C(=O)O)P(=O)(O)O)c(=O)n1. The lowest BCUT2D eigenvalue weighted by molar-refractivity contribution is -0.146. The van der Waals surface area contributed by atoms with Gasteiger partial charge in [-0.25, -0.2) is 9.59 Å². The molecule has 2 rings (SSSR count). The van der Waals surface area contributed by atoms with Gasteiger partial charge in [0, 0.05) is 6.20 Å². The highest BCUT2D eigenvalue weighted by Gasteiger charge is 2.48. The van der Waals surface area contributed by atoms with Crippen LogP contribution in [-0.4, -0.2) is 42.4 Å². The number of carboxylic acids is 1. The van der Waals surface area contributed by atoms with E-state index < -0.39 is 37.2 Å². The second kappa shape index (κ2) is 4.98. The van der Waals surface area contributed by atoms with Gasteiger partial charge in [-0.1, -0.05) is 0 Å². The van der Waals surface area contributed by atoms with Gasteiger partial charge in [0.05, 0.1) is 12.1 Å². The number of aliphatic carboxylic acids is 1. The smallest absolute Gasteiger partial charge is 0.365 e. The normalized spacial score (nSPS) is 23.3. The number of hydrogen-bond acceptors (Lipinski definition) is 6. The molecule has 3 unspecified atom stereocenters. The summed E-state index contributed by atoms with van der Waals surface area (Å²) in [4.78, 5) is 43.5. The number of aromatic nitrogens is 2. The second-order valence-corrected chi connectivity index (χ2v) is 5.95. The number of nitrogens with zero attached hydrogens (tertiary/aromatic N) is 2. The van der Waals surface area contributed by atoms with Crippen molar-refractivity contribution in [3.8, 4) is 0 Å². The van der Waals surface area contributed by atoms with Crippen molar-refractivity contribution in [3.05, 3.63) is 22.7 Å². The maximum atomic E-state index is 11.5. The molecule has 0 aliphatic heterocycles. The summed E-state index contributed by atoms with van der Waals surface area (Å²) >= 11 is 0. The Kier molecular flexibility index (Phi) is 3.65. The second-order valence-electron chi connectivity index (χ2n) is 4.30. The van der Waals surface area contributed by atoms with Crippen LogP contribution >= 0.6 is 7.60 Å². The maximum absolute atomic E-state index is 11.5. The van der Waals surface area contributed by atoms with E-state index in [9.17, 15) is 14.2 Å². The minimum Gasteiger partial charge on any atom is -0.479 e. The number of rotatable bonds is 5. The van der Waals surface area contributed by atoms with E-state index in [-0.39, 0.29) is 12.2 Å². The summed E-state index contributed by atoms with van der Waals surface area (Å²) in [6, 6.07) is 0.873. The van der Waals surface area contributed by atoms with Gasteiger partial charge in [0.2, 0.25) is 0 Å². The van der Waals surface area contributed by atoms with Crippen LogP contribution in [0.5, 0.6) is 0 Å². The van der Waals surface area contributed by atoms with Crippen molar-refractivity contribution in [2.24, 2.45) is 0 Å². The number of nitrogen functional groups attached to an aromatic ring is 1. The van der Waals surface area contributed by atoms with Crippen LogP contribution in [0.15, 0.2) is 17.1 Å². The molecule has 1 heterocycles. The van der Waals surface area contributed by atoms with E-state index in [4.69, 9.17) is 25.4 Å². The highest BCUT2D eigenvalue weighted by atomic mass is 31.2. The lowest BCUT2D eigenvalue weighted by Gasteiger charge is -2.15. The zero-order chi connectivity index (χ0) is 15.1. The molecule has 5 N–H and O–H groups in total. The summed E-state index contributed by atoms with van der Waals surface area (Å²) < 4.78 is 17.0. The molecule has 20 heavy (non-hydrogen) atoms. The molecule has 0 bridgehead atoms. The van der Waals surface area contributed by atoms with E-state index in [0.29, 0.717) is 0 Å². The fourth-order valence-electron chi connectivity index (χ4n) is 1.72. The van der Waals surface area contributed by atoms with E-state index in [1.807, 2.05) is 0 Å². The highest BCUT2D eigenvalue weighted by molar-refractivity contribution is 7.53. The third-order valence-corrected chi connectivity index (χ3v) is 3.68. The minimum atomic E-state index is -4.93. The van der Waals surface area contributed by atoms with Crippen molar-refractivity contribution >= 4 is 19.4 Å². The number of anilines is 1. The van der Waals surface area contributed by atoms with Crippen LogP contribution in [0, 0.1) is 0 Å². The van der Waals surface area contributed by atoms with Crippen molar-refractivity contribution < 1.29 is 29.0 Å². The Morgan fingerprint density at radius 2 is 2.25 bits per heavy atom. The topological polar surface area (TPSA) is 165 Å². The molecular weight excluding hydrogens is 293 g/mol. The first kappa shape index (κ1) is 14.7. The number of nitrogens with two attached hydrogens (primary N) is 1. The first-order chi connectivity index (χ1) is 9.20. The van der Waals surface area contributed by atoms with Gasteiger partial charge in [-0.2, -0.15) is 4.98 Å². The van der Waals surface area contributed by atoms with Crippen LogP contribution < -0.4 is 11.4 Å². The minimum absolute atomic E-state index is 0.0444. The Hall–Kier alpha value is -1.74. The van der Waals surface area contributed by atoms with Crippen LogP contribution in [0.25, 0.3) is 0 Å². The maximum Gasteiger partial charge on any atom is 0.365 e. The lowest BCUT2D eigenvalue weighted by atomic mass is 10.5. The van der Waals surface area contributed by atoms with Gasteiger partial charge >= 0.3 is 19.3 Å². The van der Waals surface area contributed by atoms with E-state index in [1.165, 1.54) is 16.8 Å². The molecule has 11 heteroatoms. The van der Waals surface area contributed by atoms with Crippen molar-refractivity contribution in [1.82, 2.24) is 9.55 Å². The Bertz CT molecular complexity index is 639. The molecule has 10 nitrogen and oxygen atoms in total. The van der Waals surface area contributed by atoms with Gasteiger partial charge in [0.1, 0.15) is 5.82 Å². The van der Waals surface area contributed by atoms with E-state index in [1.54, 1.807) is 0 Å². The van der Waals surface area contributed by atoms with Crippen molar-refractivity contribution in [1.29, 1.82) is 0 Å². The number of carbonyl (C=O) groups is 1. The van der Waals surface area contributed by atoms with Gasteiger partial charge in [-0.3, -0.25) is 9.13 Å². The monoisotopic (exact) mass is 305 g/mol. The first-order valence-corrected chi connectivity index (χ1v) is 7.16. The summed E-state index contributed by atoms with van der Waals surface area (Å²) in [7, 11) is -4.93. The largest absolute Gasteiger partial charge is 0.479 e. The molecule has 0 aromatic carbocycles. The van der Waals surface area contributed by atoms with Crippen LogP contribution in [0.1, 0.15) is 12.5 Å². The number of carboxylic acid groups (broad SMARTS) is 1. The lowest BCUT2D eigenvalue weighted by Crippen LogP contribution is -2.27. The molecule has 0 saturated heterocycles. The average Bonchev–Trinajstić information content (AvgIpc) is 3.03. The summed E-state index contributed by atoms with van der Waals surface area (Å²) in [5.74, 6) is -3.95. The Labute approximate surface area is 112 Å². The molecule has 1 aromatic rings. The molecule has 110 valence electrons. The summed E-state index contributed by atoms with van der Waals surface area (Å²) in [6.07, 6.45) is 0.855. The van der Waals surface area contributed by atoms with Crippen LogP contribution in [0.3, 0.4) is 0 Å². The van der Waals surface area contributed by atoms with Gasteiger partial charge in [0.15, 0.2) is 0 Å². The van der Waals surface area contributed by atoms with E-state index in [2.05, 4.69) is 4.98 Å². The predicted molar refractivity (Wildman–Crippen MR) is 64.9 cm³/mol. The Morgan fingerprint density at radius 3 is 2.75 bits per heavy atom. The quantitative estimate of drug-likeness (QED) is 0.486. The molecule has 0 spiro atoms. The Morgan fingerprint density at radius 1 is 1.60 bits per heavy atom. The van der Waals surface area contributed by atoms with E-state index in [0.717, 1.165) is 0 Å². The molecule has 1 fully saturated rings. The standard InChI is InChI=1S/C9H12N3O7P/c10-6-1-2-12(9(15)11-6)4-3-5(4)19-8(7(13)14)20(16,17)18/h1-2,4-5,8H,3H2,(H,13,14)(H2,10,11,15)(H2,16,17,18). The number of hydrogen-bond donors (Lipinski definition) is 4. The van der Waals surface area contributed by atoms with Crippen molar-refractivity contribution in [2.45, 2.75) is 24.4 Å². The predicted octanol–water partition coefficient (Wildman–Crippen LogP) is -1.26. The van der Waals surface area contributed by atoms with Gasteiger partial charge < -0.3 is 25.4 Å². The number of ether oxygens (including phenoxy) is 1. The molecule has 0 radical (unpaired) electrons. The van der Waals surface area contributed by atoms with Crippen molar-refractivity contribution in [3.63, 3.8) is 0 Å². The molecular formula is C9H12N3O7P. The van der Waals surface area contributed by atoms with Crippen LogP contribution in [0.4, 0.5) is 5.82 Å². The summed E-state index contributed by atoms with van der Waals surface area (Å²) in [5, 5.41) is 8.72. The Balaban J connectivity index is 2.10. The third-order valence-electron chi connectivity index (χ3n) is 2.73. The average molecular weight is 305 g/mol. The molecule has 3 atom stereocenters. The zero-order valence-electron chi connectivity index (χ0n) is 9.99.